The van der Waals surface area contributed by atoms with Crippen LogP contribution in [-0.2, 0) is 11.2 Å². The molecule has 1 aromatic heterocycles. The van der Waals surface area contributed by atoms with Crippen molar-refractivity contribution in [3.05, 3.63) is 12.0 Å². The van der Waals surface area contributed by atoms with Crippen molar-refractivity contribution in [3.8, 4) is 0 Å². The van der Waals surface area contributed by atoms with Crippen molar-refractivity contribution in [3.63, 3.8) is 0 Å². The average Bonchev–Trinajstić information content (AvgIpc) is 2.67. The van der Waals surface area contributed by atoms with Crippen LogP contribution in [0.2, 0.25) is 0 Å². The summed E-state index contributed by atoms with van der Waals surface area (Å²) in [4.78, 5) is 8.15. The van der Waals surface area contributed by atoms with E-state index in [4.69, 9.17) is 15.6 Å². The van der Waals surface area contributed by atoms with E-state index in [-0.39, 0.29) is 10.5 Å². The minimum absolute atomic E-state index is 0.0404. The van der Waals surface area contributed by atoms with Gasteiger partial charge in [0, 0.05) is 21.0 Å². The fourth-order valence-electron chi connectivity index (χ4n) is 2.59. The van der Waals surface area contributed by atoms with Crippen LogP contribution in [-0.4, -0.2) is 60.2 Å². The highest BCUT2D eigenvalue weighted by molar-refractivity contribution is 14.2. The fraction of sp³-hybridized carbons (Fsp3) is 0.667. The van der Waals surface area contributed by atoms with E-state index < -0.39 is 45.4 Å². The molecule has 0 spiro atoms. The molecule has 5 N–H and O–H groups in total. The Balaban J connectivity index is 1.81. The van der Waals surface area contributed by atoms with Crippen LogP contribution in [0.15, 0.2) is 9.47 Å². The summed E-state index contributed by atoms with van der Waals surface area (Å²) in [5, 5.41) is 29.1. The maximum atomic E-state index is 10.1. The van der Waals surface area contributed by atoms with Gasteiger partial charge in [-0.2, -0.15) is 0 Å². The zero-order valence-electron chi connectivity index (χ0n) is 11.1. The van der Waals surface area contributed by atoms with Gasteiger partial charge in [-0.05, 0) is 12.8 Å². The molecule has 2 aliphatic heterocycles. The molecule has 8 nitrogen and oxygen atoms in total. The molecule has 2 aliphatic rings. The smallest absolute Gasteiger partial charge is 0.153 e. The van der Waals surface area contributed by atoms with Crippen molar-refractivity contribution in [1.29, 1.82) is 0 Å². The Morgan fingerprint density at radius 3 is 2.86 bits per heavy atom. The quantitative estimate of drug-likeness (QED) is 0.388. The van der Waals surface area contributed by atoms with Gasteiger partial charge in [-0.1, -0.05) is 0 Å². The number of halogens is 1. The van der Waals surface area contributed by atoms with Crippen molar-refractivity contribution >= 4 is 32.5 Å². The van der Waals surface area contributed by atoms with Gasteiger partial charge in [-0.25, -0.2) is 13.1 Å². The Kier molecular flexibility index (Phi) is 4.45. The molecule has 1 aromatic rings. The van der Waals surface area contributed by atoms with Gasteiger partial charge >= 0.3 is 0 Å². The van der Waals surface area contributed by atoms with Gasteiger partial charge in [0.1, 0.15) is 30.3 Å². The molecule has 5 atom stereocenters. The van der Waals surface area contributed by atoms with Gasteiger partial charge in [0.2, 0.25) is 0 Å². The van der Waals surface area contributed by atoms with Crippen LogP contribution < -0.4 is 5.73 Å². The number of alkyl halides is 1. The third-order valence-electron chi connectivity index (χ3n) is 3.78. The second kappa shape index (κ2) is 6.16. The lowest BCUT2D eigenvalue weighted by Crippen LogP contribution is -2.37. The average molecular weight is 408 g/mol. The normalized spacial score (nSPS) is 35.9. The van der Waals surface area contributed by atoms with Crippen LogP contribution in [0.3, 0.4) is 0 Å². The summed E-state index contributed by atoms with van der Waals surface area (Å²) in [5.74, 6) is 0.376. The second-order valence-corrected chi connectivity index (χ2v) is 7.73. The molecular weight excluding hydrogens is 391 g/mol. The highest BCUT2D eigenvalue weighted by Gasteiger charge is 2.45. The third kappa shape index (κ3) is 2.80. The SMILES string of the molecule is Nc1ncnc2c1N=IC(C1OC(CO)[C@H](O)[C@@H]1O)CC2. The molecule has 1 saturated heterocycles. The van der Waals surface area contributed by atoms with Crippen molar-refractivity contribution in [2.24, 2.45) is 3.15 Å². The number of hydrogen-bond acceptors (Lipinski definition) is 8. The van der Waals surface area contributed by atoms with Gasteiger partial charge in [0.25, 0.3) is 0 Å². The summed E-state index contributed by atoms with van der Waals surface area (Å²) in [6.07, 6.45) is -0.419. The fourth-order valence-corrected chi connectivity index (χ4v) is 5.25. The lowest BCUT2D eigenvalue weighted by atomic mass is 10.0. The number of fused-ring (bicyclic) bond motifs is 1. The Hall–Kier alpha value is -0.750. The highest BCUT2D eigenvalue weighted by Crippen LogP contribution is 2.39. The first kappa shape index (κ1) is 15.2. The number of ether oxygens (including phenoxy) is 1. The van der Waals surface area contributed by atoms with Crippen LogP contribution in [0.25, 0.3) is 0 Å². The Morgan fingerprint density at radius 1 is 1.33 bits per heavy atom. The Labute approximate surface area is 131 Å². The van der Waals surface area contributed by atoms with Crippen molar-refractivity contribution in [2.75, 3.05) is 12.3 Å². The predicted octanol–water partition coefficient (Wildman–Crippen LogP) is -0.359. The van der Waals surface area contributed by atoms with E-state index in [1.165, 1.54) is 6.33 Å². The zero-order chi connectivity index (χ0) is 15.0. The summed E-state index contributed by atoms with van der Waals surface area (Å²) < 4.78 is 10.2. The molecule has 0 saturated carbocycles. The number of nitrogens with zero attached hydrogens (tertiary/aromatic N) is 3. The summed E-state index contributed by atoms with van der Waals surface area (Å²) >= 11 is -0.682. The molecule has 1 fully saturated rings. The van der Waals surface area contributed by atoms with Crippen molar-refractivity contribution < 1.29 is 20.1 Å². The molecule has 0 radical (unpaired) electrons. The topological polar surface area (TPSA) is 134 Å². The van der Waals surface area contributed by atoms with Crippen LogP contribution in [0.1, 0.15) is 12.1 Å². The third-order valence-corrected chi connectivity index (χ3v) is 6.59. The van der Waals surface area contributed by atoms with E-state index in [0.29, 0.717) is 17.9 Å². The largest absolute Gasteiger partial charge is 0.394 e. The number of aromatic nitrogens is 2. The highest BCUT2D eigenvalue weighted by atomic mass is 127. The standard InChI is InChI=1S/C12H17IN4O4/c14-12-8-6(15-4-16-12)2-1-5(13-17-8)11-10(20)9(19)7(3-18)21-11/h4-5,7,9-11,18-20H,1-3H2,(H2,14,15,16)/t5?,7?,9-,10-,11?/m0/s1. The minimum Gasteiger partial charge on any atom is -0.394 e. The van der Waals surface area contributed by atoms with Gasteiger partial charge in [0.05, 0.1) is 22.3 Å². The number of nitrogens with two attached hydrogens (primary N) is 1. The monoisotopic (exact) mass is 408 g/mol. The van der Waals surface area contributed by atoms with Crippen LogP contribution >= 0.6 is 21.0 Å². The first-order chi connectivity index (χ1) is 10.1. The first-order valence-corrected chi connectivity index (χ1v) is 8.88. The van der Waals surface area contributed by atoms with Crippen LogP contribution in [0.4, 0.5) is 11.5 Å². The number of aliphatic hydroxyl groups excluding tert-OH is 3. The summed E-state index contributed by atoms with van der Waals surface area (Å²) in [6.45, 7) is -0.310. The molecule has 0 amide bonds. The molecular formula is C12H17IN4O4. The molecule has 21 heavy (non-hydrogen) atoms. The van der Waals surface area contributed by atoms with Crippen molar-refractivity contribution in [2.45, 2.75) is 41.2 Å². The molecule has 3 heterocycles. The second-order valence-electron chi connectivity index (χ2n) is 5.09. The number of hydrogen-bond donors (Lipinski definition) is 4. The molecule has 0 aromatic carbocycles. The van der Waals surface area contributed by atoms with E-state index in [1.807, 2.05) is 0 Å². The molecule has 0 bridgehead atoms. The number of rotatable bonds is 2. The summed E-state index contributed by atoms with van der Waals surface area (Å²) in [5.41, 5.74) is 7.29. The number of nitrogen functional groups attached to an aromatic ring is 1. The van der Waals surface area contributed by atoms with Gasteiger partial charge in [-0.15, -0.1) is 0 Å². The van der Waals surface area contributed by atoms with E-state index >= 15 is 0 Å². The lowest BCUT2D eigenvalue weighted by Gasteiger charge is -2.20. The van der Waals surface area contributed by atoms with Gasteiger partial charge < -0.3 is 25.8 Å². The van der Waals surface area contributed by atoms with E-state index in [0.717, 1.165) is 12.1 Å². The number of anilines is 1. The summed E-state index contributed by atoms with van der Waals surface area (Å²) in [7, 11) is 0. The van der Waals surface area contributed by atoms with Crippen LogP contribution in [0, 0.1) is 0 Å². The Bertz CT molecular complexity index is 558. The Morgan fingerprint density at radius 2 is 2.14 bits per heavy atom. The van der Waals surface area contributed by atoms with Crippen LogP contribution in [0.5, 0.6) is 0 Å². The first-order valence-electron chi connectivity index (χ1n) is 6.67. The molecule has 3 unspecified atom stereocenters. The number of aliphatic hydroxyl groups is 3. The summed E-state index contributed by atoms with van der Waals surface area (Å²) in [6, 6.07) is 0. The van der Waals surface area contributed by atoms with Gasteiger partial charge in [0.15, 0.2) is 5.82 Å². The number of aryl methyl sites for hydroxylation is 1. The van der Waals surface area contributed by atoms with E-state index in [1.54, 1.807) is 0 Å². The van der Waals surface area contributed by atoms with E-state index in [2.05, 4.69) is 13.1 Å². The van der Waals surface area contributed by atoms with E-state index in [9.17, 15) is 10.2 Å². The van der Waals surface area contributed by atoms with Crippen molar-refractivity contribution in [1.82, 2.24) is 9.97 Å². The zero-order valence-corrected chi connectivity index (χ0v) is 13.3. The predicted molar refractivity (Wildman–Crippen MR) is 82.4 cm³/mol. The maximum Gasteiger partial charge on any atom is 0.153 e. The molecule has 9 heteroatoms. The molecule has 0 aliphatic carbocycles. The molecule has 3 rings (SSSR count). The lowest BCUT2D eigenvalue weighted by molar-refractivity contribution is -0.0214. The minimum atomic E-state index is -1.06. The maximum absolute atomic E-state index is 10.1. The van der Waals surface area contributed by atoms with Gasteiger partial charge in [-0.3, -0.25) is 0 Å². The molecule has 116 valence electrons.